The Bertz CT molecular complexity index is 318. The number of unbranched alkanes of at least 4 members (excludes halogenated alkanes) is 1. The summed E-state index contributed by atoms with van der Waals surface area (Å²) in [5, 5.41) is 0. The zero-order chi connectivity index (χ0) is 14.1. The van der Waals surface area contributed by atoms with Crippen LogP contribution in [0.1, 0.15) is 78.1 Å². The fourth-order valence-corrected chi connectivity index (χ4v) is 5.81. The molecule has 4 aliphatic rings. The minimum atomic E-state index is 0.471. The number of hydrogen-bond acceptors (Lipinski definition) is 1. The summed E-state index contributed by atoms with van der Waals surface area (Å²) < 4.78 is 0. The molecule has 1 nitrogen and oxygen atoms in total. The van der Waals surface area contributed by atoms with E-state index in [1.165, 1.54) is 57.8 Å². The molecular weight excluding hydrogens is 244 g/mol. The molecular formula is C19H32O. The van der Waals surface area contributed by atoms with Crippen LogP contribution in [0.3, 0.4) is 0 Å². The highest BCUT2D eigenvalue weighted by Crippen LogP contribution is 2.57. The Morgan fingerprint density at radius 3 is 2.10 bits per heavy atom. The second kappa shape index (κ2) is 6.20. The van der Waals surface area contributed by atoms with Gasteiger partial charge in [-0.3, -0.25) is 4.79 Å². The fourth-order valence-electron chi connectivity index (χ4n) is 5.81. The molecule has 1 unspecified atom stereocenters. The van der Waals surface area contributed by atoms with E-state index in [0.29, 0.717) is 17.6 Å². The van der Waals surface area contributed by atoms with Gasteiger partial charge in [0.25, 0.3) is 0 Å². The molecule has 4 saturated carbocycles. The van der Waals surface area contributed by atoms with E-state index in [1.807, 2.05) is 0 Å². The molecule has 0 amide bonds. The molecule has 1 atom stereocenters. The number of rotatable bonds is 7. The third-order valence-corrected chi connectivity index (χ3v) is 6.63. The van der Waals surface area contributed by atoms with Crippen molar-refractivity contribution in [2.75, 3.05) is 0 Å². The van der Waals surface area contributed by atoms with E-state index in [0.717, 1.165) is 30.1 Å². The van der Waals surface area contributed by atoms with Gasteiger partial charge in [0.05, 0.1) is 0 Å². The van der Waals surface area contributed by atoms with Gasteiger partial charge >= 0.3 is 0 Å². The number of ketones is 1. The van der Waals surface area contributed by atoms with Crippen molar-refractivity contribution in [3.05, 3.63) is 0 Å². The number of hydrogen-bond donors (Lipinski definition) is 0. The highest BCUT2D eigenvalue weighted by Gasteiger charge is 2.50. The van der Waals surface area contributed by atoms with Gasteiger partial charge in [-0.15, -0.1) is 0 Å². The zero-order valence-corrected chi connectivity index (χ0v) is 13.4. The van der Waals surface area contributed by atoms with Crippen LogP contribution in [0.15, 0.2) is 0 Å². The summed E-state index contributed by atoms with van der Waals surface area (Å²) >= 11 is 0. The summed E-state index contributed by atoms with van der Waals surface area (Å²) in [7, 11) is 0. The molecule has 20 heavy (non-hydrogen) atoms. The van der Waals surface area contributed by atoms with Crippen molar-refractivity contribution in [3.8, 4) is 0 Å². The summed E-state index contributed by atoms with van der Waals surface area (Å²) in [6.07, 6.45) is 12.9. The Kier molecular flexibility index (Phi) is 4.52. The van der Waals surface area contributed by atoms with E-state index in [1.54, 1.807) is 0 Å². The number of Topliss-reactive ketones (excluding diaryl/α,β-unsaturated/α-hetero) is 1. The van der Waals surface area contributed by atoms with Gasteiger partial charge in [-0.05, 0) is 61.7 Å². The van der Waals surface area contributed by atoms with Crippen molar-refractivity contribution >= 4 is 5.78 Å². The minimum Gasteiger partial charge on any atom is -0.299 e. The van der Waals surface area contributed by atoms with E-state index in [-0.39, 0.29) is 0 Å². The number of carbonyl (C=O) groups excluding carboxylic acids is 1. The normalized spacial score (nSPS) is 40.0. The molecule has 114 valence electrons. The van der Waals surface area contributed by atoms with Gasteiger partial charge in [0.1, 0.15) is 5.78 Å². The molecule has 0 heterocycles. The van der Waals surface area contributed by atoms with Gasteiger partial charge < -0.3 is 0 Å². The standard InChI is InChI=1S/C19H32O/c1-3-5-6-13(4-2)12-18(20)19-16-8-14-7-15(10-16)11-17(19)9-14/h13-17,19H,3-12H2,1-2H3. The van der Waals surface area contributed by atoms with Crippen LogP contribution in [0.5, 0.6) is 0 Å². The lowest BCUT2D eigenvalue weighted by Crippen LogP contribution is -2.48. The summed E-state index contributed by atoms with van der Waals surface area (Å²) in [6.45, 7) is 4.52. The van der Waals surface area contributed by atoms with Crippen LogP contribution in [-0.2, 0) is 4.79 Å². The van der Waals surface area contributed by atoms with Gasteiger partial charge in [-0.1, -0.05) is 39.5 Å². The summed E-state index contributed by atoms with van der Waals surface area (Å²) in [4.78, 5) is 12.9. The minimum absolute atomic E-state index is 0.471. The third-order valence-electron chi connectivity index (χ3n) is 6.63. The maximum absolute atomic E-state index is 12.9. The molecule has 0 aromatic heterocycles. The summed E-state index contributed by atoms with van der Waals surface area (Å²) in [6, 6.07) is 0. The van der Waals surface area contributed by atoms with Crippen LogP contribution in [0.2, 0.25) is 0 Å². The highest BCUT2D eigenvalue weighted by atomic mass is 16.1. The number of carbonyl (C=O) groups is 1. The Morgan fingerprint density at radius 2 is 1.60 bits per heavy atom. The molecule has 4 rings (SSSR count). The first kappa shape index (κ1) is 14.6. The summed E-state index contributed by atoms with van der Waals surface area (Å²) in [5.41, 5.74) is 0. The third kappa shape index (κ3) is 2.83. The average Bonchev–Trinajstić information content (AvgIpc) is 2.42. The maximum atomic E-state index is 12.9. The monoisotopic (exact) mass is 276 g/mol. The van der Waals surface area contributed by atoms with E-state index >= 15 is 0 Å². The maximum Gasteiger partial charge on any atom is 0.136 e. The molecule has 4 fully saturated rings. The lowest BCUT2D eigenvalue weighted by atomic mass is 9.51. The lowest BCUT2D eigenvalue weighted by molar-refractivity contribution is -0.136. The van der Waals surface area contributed by atoms with Crippen LogP contribution in [-0.4, -0.2) is 5.78 Å². The average molecular weight is 276 g/mol. The molecule has 0 spiro atoms. The molecule has 0 aromatic rings. The van der Waals surface area contributed by atoms with E-state index in [2.05, 4.69) is 13.8 Å². The smallest absolute Gasteiger partial charge is 0.136 e. The topological polar surface area (TPSA) is 17.1 Å². The first-order valence-corrected chi connectivity index (χ1v) is 9.23. The Morgan fingerprint density at radius 1 is 1.00 bits per heavy atom. The molecule has 0 N–H and O–H groups in total. The van der Waals surface area contributed by atoms with Crippen molar-refractivity contribution in [1.29, 1.82) is 0 Å². The largest absolute Gasteiger partial charge is 0.299 e. The van der Waals surface area contributed by atoms with Crippen molar-refractivity contribution in [1.82, 2.24) is 0 Å². The van der Waals surface area contributed by atoms with E-state index < -0.39 is 0 Å². The predicted octanol–water partition coefficient (Wildman–Crippen LogP) is 5.23. The molecule has 0 aliphatic heterocycles. The SMILES string of the molecule is CCCCC(CC)CC(=O)C1C2CC3CC(C2)CC1C3. The molecule has 0 saturated heterocycles. The molecule has 4 aliphatic carbocycles. The van der Waals surface area contributed by atoms with Gasteiger partial charge in [0.2, 0.25) is 0 Å². The summed E-state index contributed by atoms with van der Waals surface area (Å²) in [5.74, 6) is 5.33. The predicted molar refractivity (Wildman–Crippen MR) is 83.5 cm³/mol. The second-order valence-electron chi connectivity index (χ2n) is 8.04. The van der Waals surface area contributed by atoms with Crippen molar-refractivity contribution in [2.24, 2.45) is 35.5 Å². The Balaban J connectivity index is 1.59. The fraction of sp³-hybridized carbons (Fsp3) is 0.947. The Labute approximate surface area is 124 Å². The zero-order valence-electron chi connectivity index (χ0n) is 13.4. The van der Waals surface area contributed by atoms with Crippen LogP contribution in [0.4, 0.5) is 0 Å². The Hall–Kier alpha value is -0.330. The van der Waals surface area contributed by atoms with Crippen LogP contribution < -0.4 is 0 Å². The van der Waals surface area contributed by atoms with Gasteiger partial charge in [0.15, 0.2) is 0 Å². The van der Waals surface area contributed by atoms with E-state index in [4.69, 9.17) is 0 Å². The second-order valence-corrected chi connectivity index (χ2v) is 8.04. The van der Waals surface area contributed by atoms with E-state index in [9.17, 15) is 4.79 Å². The van der Waals surface area contributed by atoms with Gasteiger partial charge in [-0.2, -0.15) is 0 Å². The molecule has 0 aromatic carbocycles. The highest BCUT2D eigenvalue weighted by molar-refractivity contribution is 5.82. The van der Waals surface area contributed by atoms with Crippen LogP contribution >= 0.6 is 0 Å². The van der Waals surface area contributed by atoms with Crippen molar-refractivity contribution < 1.29 is 4.79 Å². The van der Waals surface area contributed by atoms with Crippen LogP contribution in [0.25, 0.3) is 0 Å². The first-order valence-electron chi connectivity index (χ1n) is 9.23. The van der Waals surface area contributed by atoms with Gasteiger partial charge in [0, 0.05) is 12.3 Å². The van der Waals surface area contributed by atoms with Crippen LogP contribution in [0, 0.1) is 35.5 Å². The van der Waals surface area contributed by atoms with Crippen molar-refractivity contribution in [2.45, 2.75) is 78.1 Å². The molecule has 4 bridgehead atoms. The first-order chi connectivity index (χ1) is 9.71. The van der Waals surface area contributed by atoms with Crippen molar-refractivity contribution in [3.63, 3.8) is 0 Å². The lowest BCUT2D eigenvalue weighted by Gasteiger charge is -2.54. The molecule has 1 heteroatoms. The quantitative estimate of drug-likeness (QED) is 0.622. The molecule has 0 radical (unpaired) electrons. The van der Waals surface area contributed by atoms with Gasteiger partial charge in [-0.25, -0.2) is 0 Å².